The van der Waals surface area contributed by atoms with E-state index in [1.807, 2.05) is 0 Å². The van der Waals surface area contributed by atoms with Crippen LogP contribution in [0.1, 0.15) is 105 Å². The summed E-state index contributed by atoms with van der Waals surface area (Å²) in [5.74, 6) is 5.00. The van der Waals surface area contributed by atoms with Gasteiger partial charge in [-0.3, -0.25) is 0 Å². The van der Waals surface area contributed by atoms with Crippen LogP contribution in [-0.4, -0.2) is 0 Å². The maximum atomic E-state index is 2.58. The molecule has 0 bridgehead atoms. The molecule has 0 aromatic rings. The van der Waals surface area contributed by atoms with E-state index < -0.39 is 0 Å². The molecular formula is C23H42. The Kier molecular flexibility index (Phi) is 5.20. The Hall–Kier alpha value is 0. The fraction of sp³-hybridized carbons (Fsp3) is 1.00. The minimum absolute atomic E-state index is 0.573. The van der Waals surface area contributed by atoms with Crippen molar-refractivity contribution in [3.05, 3.63) is 0 Å². The van der Waals surface area contributed by atoms with Gasteiger partial charge in [-0.05, 0) is 85.4 Å². The Morgan fingerprint density at radius 3 is 1.39 bits per heavy atom. The minimum Gasteiger partial charge on any atom is -0.0625 e. The summed E-state index contributed by atoms with van der Waals surface area (Å²) in [5.41, 5.74) is 1.27. The van der Waals surface area contributed by atoms with Gasteiger partial charge in [-0.15, -0.1) is 0 Å². The molecule has 3 rings (SSSR count). The third-order valence-electron chi connectivity index (χ3n) is 8.10. The van der Waals surface area contributed by atoms with Crippen molar-refractivity contribution in [2.45, 2.75) is 105 Å². The first-order valence-electron chi connectivity index (χ1n) is 10.8. The summed E-state index contributed by atoms with van der Waals surface area (Å²) in [7, 11) is 0. The summed E-state index contributed by atoms with van der Waals surface area (Å²) in [5, 5.41) is 0. The molecule has 0 aliphatic heterocycles. The zero-order chi connectivity index (χ0) is 16.7. The van der Waals surface area contributed by atoms with Crippen molar-refractivity contribution in [2.24, 2.45) is 40.4 Å². The molecule has 0 amide bonds. The topological polar surface area (TPSA) is 0 Å². The summed E-state index contributed by atoms with van der Waals surface area (Å²) < 4.78 is 0. The normalized spacial score (nSPS) is 48.1. The van der Waals surface area contributed by atoms with Crippen LogP contribution in [0.4, 0.5) is 0 Å². The van der Waals surface area contributed by atoms with Crippen LogP contribution in [-0.2, 0) is 0 Å². The van der Waals surface area contributed by atoms with Crippen LogP contribution >= 0.6 is 0 Å². The van der Waals surface area contributed by atoms with Crippen LogP contribution in [0.2, 0.25) is 0 Å². The van der Waals surface area contributed by atoms with E-state index in [2.05, 4.69) is 34.6 Å². The van der Waals surface area contributed by atoms with Crippen LogP contribution in [0.3, 0.4) is 0 Å². The van der Waals surface area contributed by atoms with Crippen molar-refractivity contribution in [2.75, 3.05) is 0 Å². The van der Waals surface area contributed by atoms with Crippen molar-refractivity contribution >= 4 is 0 Å². The number of hydrogen-bond donors (Lipinski definition) is 0. The summed E-state index contributed by atoms with van der Waals surface area (Å²) >= 11 is 0. The Labute approximate surface area is 146 Å². The Morgan fingerprint density at radius 1 is 0.565 bits per heavy atom. The van der Waals surface area contributed by atoms with Gasteiger partial charge < -0.3 is 0 Å². The lowest BCUT2D eigenvalue weighted by atomic mass is 9.47. The zero-order valence-corrected chi connectivity index (χ0v) is 16.7. The van der Waals surface area contributed by atoms with Crippen LogP contribution in [0, 0.1) is 40.4 Å². The van der Waals surface area contributed by atoms with E-state index in [1.165, 1.54) is 64.2 Å². The molecule has 1 unspecified atom stereocenters. The van der Waals surface area contributed by atoms with Crippen molar-refractivity contribution in [1.29, 1.82) is 0 Å². The Balaban J connectivity index is 1.86. The van der Waals surface area contributed by atoms with Crippen molar-refractivity contribution in [3.8, 4) is 0 Å². The smallest absolute Gasteiger partial charge is 0.0233 e. The van der Waals surface area contributed by atoms with E-state index in [4.69, 9.17) is 0 Å². The largest absolute Gasteiger partial charge is 0.0625 e. The van der Waals surface area contributed by atoms with E-state index in [0.29, 0.717) is 10.8 Å². The van der Waals surface area contributed by atoms with Gasteiger partial charge in [-0.25, -0.2) is 0 Å². The highest BCUT2D eigenvalue weighted by Gasteiger charge is 2.52. The molecule has 23 heavy (non-hydrogen) atoms. The van der Waals surface area contributed by atoms with E-state index in [0.717, 1.165) is 29.6 Å². The number of rotatable bonds is 2. The molecule has 0 N–H and O–H groups in total. The van der Waals surface area contributed by atoms with E-state index in [9.17, 15) is 0 Å². The fourth-order valence-electron chi connectivity index (χ4n) is 7.32. The fourth-order valence-corrected chi connectivity index (χ4v) is 7.32. The summed E-state index contributed by atoms with van der Waals surface area (Å²) in [4.78, 5) is 0. The molecule has 0 aromatic heterocycles. The minimum atomic E-state index is 0.573. The summed E-state index contributed by atoms with van der Waals surface area (Å²) in [6, 6.07) is 0. The first-order chi connectivity index (χ1) is 10.8. The molecule has 1 atom stereocenters. The molecule has 0 nitrogen and oxygen atoms in total. The first kappa shape index (κ1) is 17.8. The third-order valence-corrected chi connectivity index (χ3v) is 8.10. The molecule has 0 heterocycles. The maximum absolute atomic E-state index is 2.58. The van der Waals surface area contributed by atoms with Crippen molar-refractivity contribution in [3.63, 3.8) is 0 Å². The summed E-state index contributed by atoms with van der Waals surface area (Å²) in [6.07, 6.45) is 16.7. The van der Waals surface area contributed by atoms with Gasteiger partial charge in [0, 0.05) is 0 Å². The van der Waals surface area contributed by atoms with Gasteiger partial charge >= 0.3 is 0 Å². The monoisotopic (exact) mass is 318 g/mol. The second-order valence-corrected chi connectivity index (χ2v) is 11.0. The van der Waals surface area contributed by atoms with Crippen molar-refractivity contribution < 1.29 is 0 Å². The van der Waals surface area contributed by atoms with Gasteiger partial charge in [0.1, 0.15) is 0 Å². The van der Waals surface area contributed by atoms with E-state index in [1.54, 1.807) is 6.42 Å². The summed E-state index contributed by atoms with van der Waals surface area (Å²) in [6.45, 7) is 12.7. The van der Waals surface area contributed by atoms with Gasteiger partial charge in [0.05, 0.1) is 0 Å². The lowest BCUT2D eigenvalue weighted by molar-refractivity contribution is -0.0774. The lowest BCUT2D eigenvalue weighted by Gasteiger charge is -2.58. The van der Waals surface area contributed by atoms with E-state index in [-0.39, 0.29) is 0 Å². The molecular weight excluding hydrogens is 276 g/mol. The average molecular weight is 319 g/mol. The quantitative estimate of drug-likeness (QED) is 0.495. The zero-order valence-electron chi connectivity index (χ0n) is 16.7. The molecule has 0 saturated heterocycles. The highest BCUT2D eigenvalue weighted by Crippen LogP contribution is 2.61. The molecule has 3 aliphatic carbocycles. The molecule has 3 saturated carbocycles. The molecule has 3 fully saturated rings. The number of hydrogen-bond acceptors (Lipinski definition) is 0. The van der Waals surface area contributed by atoms with Gasteiger partial charge in [-0.1, -0.05) is 60.3 Å². The molecule has 0 aromatic carbocycles. The predicted octanol–water partition coefficient (Wildman–Crippen LogP) is 7.47. The van der Waals surface area contributed by atoms with Crippen LogP contribution < -0.4 is 0 Å². The lowest BCUT2D eigenvalue weighted by Crippen LogP contribution is -2.48. The molecule has 0 heteroatoms. The Morgan fingerprint density at radius 2 is 1.00 bits per heavy atom. The van der Waals surface area contributed by atoms with Gasteiger partial charge in [0.15, 0.2) is 0 Å². The van der Waals surface area contributed by atoms with Crippen LogP contribution in [0.25, 0.3) is 0 Å². The molecule has 3 aliphatic rings. The van der Waals surface area contributed by atoms with Crippen LogP contribution in [0.5, 0.6) is 0 Å². The third kappa shape index (κ3) is 3.82. The molecule has 0 spiro atoms. The second-order valence-electron chi connectivity index (χ2n) is 11.0. The maximum Gasteiger partial charge on any atom is -0.0233 e. The first-order valence-corrected chi connectivity index (χ1v) is 10.8. The molecule has 0 radical (unpaired) electrons. The SMILES string of the molecule is CC1CCC(C2(C3CCC(C)CC3)CC(C)CC(C)(C)C2)CC1. The standard InChI is InChI=1S/C23H42/c1-17-6-10-20(11-7-17)23(21-12-8-18(2)9-13-21)15-19(3)14-22(4,5)16-23/h17-21H,6-16H2,1-5H3. The van der Waals surface area contributed by atoms with Crippen molar-refractivity contribution in [1.82, 2.24) is 0 Å². The Bertz CT molecular complexity index is 355. The highest BCUT2D eigenvalue weighted by atomic mass is 14.6. The predicted molar refractivity (Wildman–Crippen MR) is 101 cm³/mol. The average Bonchev–Trinajstić information content (AvgIpc) is 2.46. The van der Waals surface area contributed by atoms with Crippen LogP contribution in [0.15, 0.2) is 0 Å². The highest BCUT2D eigenvalue weighted by molar-refractivity contribution is 5.02. The molecule has 134 valence electrons. The van der Waals surface area contributed by atoms with E-state index >= 15 is 0 Å². The second kappa shape index (κ2) is 6.72. The van der Waals surface area contributed by atoms with Gasteiger partial charge in [0.2, 0.25) is 0 Å². The van der Waals surface area contributed by atoms with Gasteiger partial charge in [-0.2, -0.15) is 0 Å². The van der Waals surface area contributed by atoms with Gasteiger partial charge in [0.25, 0.3) is 0 Å².